The molecule has 0 N–H and O–H groups in total. The van der Waals surface area contributed by atoms with Crippen molar-refractivity contribution in [3.8, 4) is 11.1 Å². The molecule has 1 spiro atoms. The first kappa shape index (κ1) is 18.2. The fourth-order valence-corrected chi connectivity index (χ4v) is 6.24. The second-order valence-corrected chi connectivity index (χ2v) is 9.30. The van der Waals surface area contributed by atoms with Gasteiger partial charge in [-0.3, -0.25) is 4.79 Å². The van der Waals surface area contributed by atoms with E-state index in [0.717, 1.165) is 24.0 Å². The summed E-state index contributed by atoms with van der Waals surface area (Å²) in [7, 11) is -1.95. The van der Waals surface area contributed by atoms with Crippen molar-refractivity contribution in [2.45, 2.75) is 36.1 Å². The Labute approximate surface area is 160 Å². The van der Waals surface area contributed by atoms with E-state index in [2.05, 4.69) is 0 Å². The normalized spacial score (nSPS) is 23.9. The number of rotatable bonds is 3. The van der Waals surface area contributed by atoms with Crippen molar-refractivity contribution < 1.29 is 13.2 Å². The summed E-state index contributed by atoms with van der Waals surface area (Å²) < 4.78 is 28.2. The van der Waals surface area contributed by atoms with Crippen LogP contribution in [0.25, 0.3) is 11.1 Å². The first-order valence-corrected chi connectivity index (χ1v) is 10.8. The lowest BCUT2D eigenvalue weighted by Crippen LogP contribution is -2.60. The number of carbonyl (C=O) groups is 1. The average Bonchev–Trinajstić information content (AvgIpc) is 3.12. The highest BCUT2D eigenvalue weighted by atomic mass is 32.2. The van der Waals surface area contributed by atoms with E-state index in [0.29, 0.717) is 25.9 Å². The van der Waals surface area contributed by atoms with Crippen LogP contribution in [0.3, 0.4) is 0 Å². The third kappa shape index (κ3) is 2.97. The Morgan fingerprint density at radius 3 is 2.11 bits per heavy atom. The minimum atomic E-state index is -3.72. The minimum Gasteiger partial charge on any atom is -0.344 e. The molecular weight excluding hydrogens is 360 g/mol. The average molecular weight is 385 g/mol. The Bertz CT molecular complexity index is 941. The number of benzene rings is 2. The van der Waals surface area contributed by atoms with Gasteiger partial charge in [0.2, 0.25) is 15.9 Å². The van der Waals surface area contributed by atoms with E-state index in [1.54, 1.807) is 24.1 Å². The van der Waals surface area contributed by atoms with Crippen LogP contribution in [0.2, 0.25) is 0 Å². The van der Waals surface area contributed by atoms with Gasteiger partial charge in [-0.15, -0.1) is 0 Å². The molecule has 2 aromatic rings. The monoisotopic (exact) mass is 384 g/mol. The third-order valence-electron chi connectivity index (χ3n) is 5.81. The van der Waals surface area contributed by atoms with Gasteiger partial charge in [-0.25, -0.2) is 8.42 Å². The number of piperidine rings is 1. The molecule has 0 bridgehead atoms. The number of carbonyl (C=O) groups excluding carboxylic acids is 1. The Morgan fingerprint density at radius 1 is 0.852 bits per heavy atom. The van der Waals surface area contributed by atoms with Gasteiger partial charge >= 0.3 is 0 Å². The Kier molecular flexibility index (Phi) is 4.56. The van der Waals surface area contributed by atoms with Gasteiger partial charge in [0, 0.05) is 20.1 Å². The second kappa shape index (κ2) is 6.77. The number of sulfonamides is 1. The molecule has 2 fully saturated rings. The largest absolute Gasteiger partial charge is 0.344 e. The Balaban J connectivity index is 1.68. The number of hydrogen-bond acceptors (Lipinski definition) is 3. The highest BCUT2D eigenvalue weighted by Gasteiger charge is 2.54. The molecule has 6 heteroatoms. The molecule has 0 radical (unpaired) electrons. The number of nitrogens with zero attached hydrogens (tertiary/aromatic N) is 2. The molecule has 0 aliphatic carbocycles. The molecule has 1 amide bonds. The van der Waals surface area contributed by atoms with E-state index in [-0.39, 0.29) is 10.8 Å². The van der Waals surface area contributed by atoms with Gasteiger partial charge in [0.15, 0.2) is 0 Å². The van der Waals surface area contributed by atoms with Crippen molar-refractivity contribution in [3.63, 3.8) is 0 Å². The highest BCUT2D eigenvalue weighted by molar-refractivity contribution is 7.89. The van der Waals surface area contributed by atoms with Crippen LogP contribution in [0.4, 0.5) is 0 Å². The van der Waals surface area contributed by atoms with Crippen LogP contribution in [0, 0.1) is 0 Å². The second-order valence-electron chi connectivity index (χ2n) is 7.43. The summed E-state index contributed by atoms with van der Waals surface area (Å²) in [6, 6.07) is 16.8. The predicted octanol–water partition coefficient (Wildman–Crippen LogP) is 3.13. The SMILES string of the molecule is CN1CCCC2(CCCN2S(=O)(=O)c2ccc(-c3ccccc3)cc2)C1=O. The summed E-state index contributed by atoms with van der Waals surface area (Å²) in [5, 5.41) is 0. The molecule has 1 atom stereocenters. The van der Waals surface area contributed by atoms with Crippen LogP contribution >= 0.6 is 0 Å². The van der Waals surface area contributed by atoms with Crippen molar-refractivity contribution in [2.75, 3.05) is 20.1 Å². The van der Waals surface area contributed by atoms with Crippen molar-refractivity contribution in [2.24, 2.45) is 0 Å². The zero-order valence-electron chi connectivity index (χ0n) is 15.5. The number of hydrogen-bond donors (Lipinski definition) is 0. The van der Waals surface area contributed by atoms with Crippen molar-refractivity contribution in [3.05, 3.63) is 54.6 Å². The molecule has 0 saturated carbocycles. The van der Waals surface area contributed by atoms with Gasteiger partial charge in [-0.05, 0) is 48.9 Å². The summed E-state index contributed by atoms with van der Waals surface area (Å²) in [6.45, 7) is 1.10. The van der Waals surface area contributed by atoms with Crippen molar-refractivity contribution in [1.29, 1.82) is 0 Å². The number of amides is 1. The molecular formula is C21H24N2O3S. The fourth-order valence-electron chi connectivity index (χ4n) is 4.42. The summed E-state index contributed by atoms with van der Waals surface area (Å²) in [6.07, 6.45) is 2.77. The maximum absolute atomic E-state index is 13.4. The molecule has 142 valence electrons. The van der Waals surface area contributed by atoms with Crippen LogP contribution in [0.1, 0.15) is 25.7 Å². The smallest absolute Gasteiger partial charge is 0.244 e. The molecule has 4 rings (SSSR count). The van der Waals surface area contributed by atoms with Gasteiger partial charge < -0.3 is 4.90 Å². The molecule has 2 aliphatic rings. The Morgan fingerprint density at radius 2 is 1.44 bits per heavy atom. The fraction of sp³-hybridized carbons (Fsp3) is 0.381. The zero-order valence-corrected chi connectivity index (χ0v) is 16.3. The molecule has 2 saturated heterocycles. The molecule has 2 heterocycles. The number of likely N-dealkylation sites (tertiary alicyclic amines) is 1. The summed E-state index contributed by atoms with van der Waals surface area (Å²) in [5.74, 6) is -0.0595. The van der Waals surface area contributed by atoms with E-state index in [4.69, 9.17) is 0 Å². The van der Waals surface area contributed by atoms with E-state index >= 15 is 0 Å². The molecule has 27 heavy (non-hydrogen) atoms. The zero-order chi connectivity index (χ0) is 19.1. The summed E-state index contributed by atoms with van der Waals surface area (Å²) in [5.41, 5.74) is 1.12. The quantitative estimate of drug-likeness (QED) is 0.817. The summed E-state index contributed by atoms with van der Waals surface area (Å²) >= 11 is 0. The van der Waals surface area contributed by atoms with Crippen molar-refractivity contribution >= 4 is 15.9 Å². The lowest BCUT2D eigenvalue weighted by atomic mass is 9.87. The molecule has 1 unspecified atom stereocenters. The lowest BCUT2D eigenvalue weighted by Gasteiger charge is -2.42. The van der Waals surface area contributed by atoms with Crippen LogP contribution < -0.4 is 0 Å². The molecule has 2 aromatic carbocycles. The van der Waals surface area contributed by atoms with E-state index in [1.807, 2.05) is 42.5 Å². The maximum atomic E-state index is 13.4. The van der Waals surface area contributed by atoms with Gasteiger partial charge in [0.25, 0.3) is 0 Å². The molecule has 0 aromatic heterocycles. The minimum absolute atomic E-state index is 0.0595. The van der Waals surface area contributed by atoms with Crippen molar-refractivity contribution in [1.82, 2.24) is 9.21 Å². The van der Waals surface area contributed by atoms with Crippen LogP contribution in [-0.2, 0) is 14.8 Å². The van der Waals surface area contributed by atoms with Crippen LogP contribution in [0.15, 0.2) is 59.5 Å². The number of likely N-dealkylation sites (N-methyl/N-ethyl adjacent to an activating group) is 1. The third-order valence-corrected chi connectivity index (χ3v) is 7.79. The topological polar surface area (TPSA) is 57.7 Å². The highest BCUT2D eigenvalue weighted by Crippen LogP contribution is 2.41. The Hall–Kier alpha value is -2.18. The first-order valence-electron chi connectivity index (χ1n) is 9.39. The van der Waals surface area contributed by atoms with E-state index < -0.39 is 15.6 Å². The van der Waals surface area contributed by atoms with Gasteiger partial charge in [-0.2, -0.15) is 4.31 Å². The standard InChI is InChI=1S/C21H24N2O3S/c1-22-15-5-13-21(20(22)24)14-6-16-23(21)27(25,26)19-11-9-18(10-12-19)17-7-3-2-4-8-17/h2-4,7-12H,5-6,13-16H2,1H3. The molecule has 2 aliphatic heterocycles. The van der Waals surface area contributed by atoms with Crippen LogP contribution in [-0.4, -0.2) is 49.2 Å². The maximum Gasteiger partial charge on any atom is 0.244 e. The summed E-state index contributed by atoms with van der Waals surface area (Å²) in [4.78, 5) is 14.8. The van der Waals surface area contributed by atoms with E-state index in [1.165, 1.54) is 4.31 Å². The predicted molar refractivity (Wildman–Crippen MR) is 105 cm³/mol. The van der Waals surface area contributed by atoms with Gasteiger partial charge in [-0.1, -0.05) is 42.5 Å². The van der Waals surface area contributed by atoms with Gasteiger partial charge in [0.1, 0.15) is 5.54 Å². The first-order chi connectivity index (χ1) is 12.9. The molecule has 5 nitrogen and oxygen atoms in total. The van der Waals surface area contributed by atoms with Crippen LogP contribution in [0.5, 0.6) is 0 Å². The van der Waals surface area contributed by atoms with E-state index in [9.17, 15) is 13.2 Å². The lowest BCUT2D eigenvalue weighted by molar-refractivity contribution is -0.142. The van der Waals surface area contributed by atoms with Gasteiger partial charge in [0.05, 0.1) is 4.90 Å².